The Morgan fingerprint density at radius 2 is 1.66 bits per heavy atom. The van der Waals surface area contributed by atoms with E-state index < -0.39 is 0 Å². The molecule has 0 bridgehead atoms. The van der Waals surface area contributed by atoms with Gasteiger partial charge >= 0.3 is 0 Å². The lowest BCUT2D eigenvalue weighted by molar-refractivity contribution is 0.0939. The first-order chi connectivity index (χ1) is 13.9. The molecule has 1 aromatic heterocycles. The van der Waals surface area contributed by atoms with Crippen LogP contribution in [0, 0.1) is 20.8 Å². The zero-order chi connectivity index (χ0) is 20.8. The van der Waals surface area contributed by atoms with Crippen LogP contribution in [0.5, 0.6) is 5.75 Å². The number of benzene rings is 2. The molecule has 0 unspecified atom stereocenters. The van der Waals surface area contributed by atoms with Crippen molar-refractivity contribution in [3.63, 3.8) is 0 Å². The van der Waals surface area contributed by atoms with E-state index >= 15 is 0 Å². The van der Waals surface area contributed by atoms with Gasteiger partial charge in [0.2, 0.25) is 0 Å². The molecule has 3 aromatic rings. The lowest BCUT2D eigenvalue weighted by atomic mass is 10.1. The lowest BCUT2D eigenvalue weighted by Gasteiger charge is -2.10. The summed E-state index contributed by atoms with van der Waals surface area (Å²) in [5, 5.41) is 6.98. The van der Waals surface area contributed by atoms with Crippen LogP contribution in [0.3, 0.4) is 0 Å². The van der Waals surface area contributed by atoms with E-state index in [0.29, 0.717) is 19.7 Å². The van der Waals surface area contributed by atoms with E-state index in [1.165, 1.54) is 16.8 Å². The Morgan fingerprint density at radius 1 is 0.966 bits per heavy atom. The average Bonchev–Trinajstić information content (AvgIpc) is 2.68. The van der Waals surface area contributed by atoms with Crippen molar-refractivity contribution in [2.24, 2.45) is 0 Å². The van der Waals surface area contributed by atoms with Crippen molar-refractivity contribution in [2.45, 2.75) is 27.3 Å². The molecular weight excluding hydrogens is 366 g/mol. The van der Waals surface area contributed by atoms with E-state index in [9.17, 15) is 9.59 Å². The molecule has 3 rings (SSSR count). The van der Waals surface area contributed by atoms with E-state index in [1.807, 2.05) is 57.2 Å². The number of amides is 1. The van der Waals surface area contributed by atoms with Gasteiger partial charge in [-0.3, -0.25) is 9.59 Å². The maximum atomic E-state index is 12.4. The summed E-state index contributed by atoms with van der Waals surface area (Å²) in [6.45, 7) is 7.03. The third-order valence-electron chi connectivity index (χ3n) is 4.40. The number of nitrogens with zero attached hydrogens (tertiary/aromatic N) is 2. The lowest BCUT2D eigenvalue weighted by Crippen LogP contribution is -2.32. The number of nitrogens with one attached hydrogen (secondary N) is 1. The van der Waals surface area contributed by atoms with E-state index in [2.05, 4.69) is 16.5 Å². The predicted octanol–water partition coefficient (Wildman–Crippen LogP) is 3.03. The number of ether oxygens (including phenoxy) is 1. The number of hydrogen-bond donors (Lipinski definition) is 1. The molecule has 2 aromatic carbocycles. The maximum absolute atomic E-state index is 12.4. The van der Waals surface area contributed by atoms with Gasteiger partial charge < -0.3 is 10.1 Å². The molecule has 0 aliphatic rings. The summed E-state index contributed by atoms with van der Waals surface area (Å²) < 4.78 is 6.99. The van der Waals surface area contributed by atoms with Gasteiger partial charge in [0, 0.05) is 6.07 Å². The minimum atomic E-state index is -0.341. The summed E-state index contributed by atoms with van der Waals surface area (Å²) in [6.07, 6.45) is 0. The van der Waals surface area contributed by atoms with Gasteiger partial charge in [0.05, 0.1) is 13.1 Å². The Bertz CT molecular complexity index is 1040. The normalized spacial score (nSPS) is 10.6. The number of rotatable bonds is 7. The Morgan fingerprint density at radius 3 is 2.34 bits per heavy atom. The van der Waals surface area contributed by atoms with E-state index in [0.717, 1.165) is 28.0 Å². The summed E-state index contributed by atoms with van der Waals surface area (Å²) in [6, 6.07) is 16.6. The standard InChI is InChI=1S/C23H25N3O3/c1-16-4-6-19(7-5-16)15-26-22(27)9-8-21(25-26)23(28)24-10-11-29-20-13-17(2)12-18(3)14-20/h4-9,12-14H,10-11,15H2,1-3H3,(H,24,28). The van der Waals surface area contributed by atoms with Crippen molar-refractivity contribution in [1.29, 1.82) is 0 Å². The Hall–Kier alpha value is -3.41. The van der Waals surface area contributed by atoms with Gasteiger partial charge in [-0.25, -0.2) is 4.68 Å². The molecule has 0 aliphatic heterocycles. The molecule has 6 nitrogen and oxygen atoms in total. The van der Waals surface area contributed by atoms with Gasteiger partial charge in [-0.2, -0.15) is 5.10 Å². The quantitative estimate of drug-likeness (QED) is 0.629. The highest BCUT2D eigenvalue weighted by molar-refractivity contribution is 5.91. The molecule has 29 heavy (non-hydrogen) atoms. The number of carbonyl (C=O) groups excluding carboxylic acids is 1. The van der Waals surface area contributed by atoms with Crippen molar-refractivity contribution in [3.8, 4) is 5.75 Å². The number of hydrogen-bond acceptors (Lipinski definition) is 4. The first-order valence-corrected chi connectivity index (χ1v) is 9.54. The smallest absolute Gasteiger partial charge is 0.271 e. The molecule has 1 heterocycles. The molecule has 0 radical (unpaired) electrons. The third-order valence-corrected chi connectivity index (χ3v) is 4.40. The summed E-state index contributed by atoms with van der Waals surface area (Å²) in [4.78, 5) is 24.5. The van der Waals surface area contributed by atoms with Gasteiger partial charge in [0.1, 0.15) is 18.1 Å². The van der Waals surface area contributed by atoms with Crippen LogP contribution in [0.25, 0.3) is 0 Å². The van der Waals surface area contributed by atoms with E-state index in [-0.39, 0.29) is 17.2 Å². The average molecular weight is 391 g/mol. The minimum Gasteiger partial charge on any atom is -0.492 e. The predicted molar refractivity (Wildman–Crippen MR) is 113 cm³/mol. The molecule has 0 atom stereocenters. The van der Waals surface area contributed by atoms with Gasteiger partial charge in [0.25, 0.3) is 11.5 Å². The van der Waals surface area contributed by atoms with Crippen LogP contribution in [0.2, 0.25) is 0 Å². The molecule has 1 N–H and O–H groups in total. The molecule has 0 aliphatic carbocycles. The fraction of sp³-hybridized carbons (Fsp3) is 0.261. The maximum Gasteiger partial charge on any atom is 0.271 e. The first-order valence-electron chi connectivity index (χ1n) is 9.54. The number of carbonyl (C=O) groups is 1. The first kappa shape index (κ1) is 20.3. The fourth-order valence-electron chi connectivity index (χ4n) is 2.99. The Kier molecular flexibility index (Phi) is 6.44. The summed E-state index contributed by atoms with van der Waals surface area (Å²) >= 11 is 0. The fourth-order valence-corrected chi connectivity index (χ4v) is 2.99. The highest BCUT2D eigenvalue weighted by Crippen LogP contribution is 2.15. The number of aromatic nitrogens is 2. The van der Waals surface area contributed by atoms with Crippen LogP contribution in [-0.4, -0.2) is 28.8 Å². The van der Waals surface area contributed by atoms with Crippen molar-refractivity contribution >= 4 is 5.91 Å². The highest BCUT2D eigenvalue weighted by atomic mass is 16.5. The second kappa shape index (κ2) is 9.19. The van der Waals surface area contributed by atoms with Gasteiger partial charge in [0.15, 0.2) is 0 Å². The number of aryl methyl sites for hydroxylation is 3. The SMILES string of the molecule is Cc1ccc(Cn2nc(C(=O)NCCOc3cc(C)cc(C)c3)ccc2=O)cc1. The van der Waals surface area contributed by atoms with Crippen molar-refractivity contribution in [1.82, 2.24) is 15.1 Å². The molecule has 150 valence electrons. The van der Waals surface area contributed by atoms with E-state index in [4.69, 9.17) is 4.74 Å². The second-order valence-electron chi connectivity index (χ2n) is 7.13. The third kappa shape index (κ3) is 5.78. The summed E-state index contributed by atoms with van der Waals surface area (Å²) in [7, 11) is 0. The van der Waals surface area contributed by atoms with Gasteiger partial charge in [-0.05, 0) is 55.7 Å². The largest absolute Gasteiger partial charge is 0.492 e. The van der Waals surface area contributed by atoms with Gasteiger partial charge in [-0.1, -0.05) is 35.9 Å². The second-order valence-corrected chi connectivity index (χ2v) is 7.13. The minimum absolute atomic E-state index is 0.197. The molecular formula is C23H25N3O3. The zero-order valence-corrected chi connectivity index (χ0v) is 16.9. The van der Waals surface area contributed by atoms with Crippen molar-refractivity contribution in [3.05, 3.63) is 92.9 Å². The molecule has 0 fully saturated rings. The van der Waals surface area contributed by atoms with Crippen LogP contribution >= 0.6 is 0 Å². The van der Waals surface area contributed by atoms with Crippen LogP contribution in [0.4, 0.5) is 0 Å². The van der Waals surface area contributed by atoms with Crippen molar-refractivity contribution < 1.29 is 9.53 Å². The van der Waals surface area contributed by atoms with Crippen LogP contribution < -0.4 is 15.6 Å². The van der Waals surface area contributed by atoms with E-state index in [1.54, 1.807) is 0 Å². The highest BCUT2D eigenvalue weighted by Gasteiger charge is 2.10. The Balaban J connectivity index is 1.57. The molecule has 1 amide bonds. The Labute approximate surface area is 170 Å². The molecule has 0 saturated carbocycles. The van der Waals surface area contributed by atoms with Crippen LogP contribution in [0.1, 0.15) is 32.7 Å². The summed E-state index contributed by atoms with van der Waals surface area (Å²) in [5.41, 5.74) is 4.30. The summed E-state index contributed by atoms with van der Waals surface area (Å²) in [5.74, 6) is 0.438. The molecule has 0 spiro atoms. The van der Waals surface area contributed by atoms with Crippen LogP contribution in [0.15, 0.2) is 59.4 Å². The molecule has 6 heteroatoms. The molecule has 0 saturated heterocycles. The van der Waals surface area contributed by atoms with Gasteiger partial charge in [-0.15, -0.1) is 0 Å². The topological polar surface area (TPSA) is 73.2 Å². The zero-order valence-electron chi connectivity index (χ0n) is 16.9. The van der Waals surface area contributed by atoms with Crippen molar-refractivity contribution in [2.75, 3.05) is 13.2 Å². The van der Waals surface area contributed by atoms with Crippen LogP contribution in [-0.2, 0) is 6.54 Å². The monoisotopic (exact) mass is 391 g/mol.